The quantitative estimate of drug-likeness (QED) is 0.135. The van der Waals surface area contributed by atoms with E-state index < -0.39 is 40.9 Å². The van der Waals surface area contributed by atoms with Crippen molar-refractivity contribution in [3.8, 4) is 11.5 Å². The van der Waals surface area contributed by atoms with Crippen molar-refractivity contribution < 1.29 is 49.4 Å². The number of aromatic hydroxyl groups is 2. The minimum atomic E-state index is -1.48. The number of fused-ring (bicyclic) bond motifs is 2. The first-order valence-corrected chi connectivity index (χ1v) is 10.6. The Kier molecular flexibility index (Phi) is 4.85. The molecular formula is C26H16O10. The summed E-state index contributed by atoms with van der Waals surface area (Å²) in [6.45, 7) is 1.56. The van der Waals surface area contributed by atoms with Gasteiger partial charge in [-0.25, -0.2) is 19.2 Å². The third kappa shape index (κ3) is 2.91. The lowest BCUT2D eigenvalue weighted by Crippen LogP contribution is -2.09. The van der Waals surface area contributed by atoms with Crippen LogP contribution in [0.2, 0.25) is 0 Å². The molecule has 0 radical (unpaired) electrons. The summed E-state index contributed by atoms with van der Waals surface area (Å²) in [5.74, 6) is -6.05. The maximum Gasteiger partial charge on any atom is 0.338 e. The van der Waals surface area contributed by atoms with Gasteiger partial charge < -0.3 is 30.3 Å². The summed E-state index contributed by atoms with van der Waals surface area (Å²) in [6.07, 6.45) is 0. The van der Waals surface area contributed by atoms with Crippen LogP contribution >= 0.6 is 0 Å². The predicted molar refractivity (Wildman–Crippen MR) is 128 cm³/mol. The van der Waals surface area contributed by atoms with Crippen LogP contribution in [0.25, 0.3) is 43.1 Å². The van der Waals surface area contributed by atoms with Gasteiger partial charge in [-0.2, -0.15) is 0 Å². The molecule has 36 heavy (non-hydrogen) atoms. The van der Waals surface area contributed by atoms with Gasteiger partial charge in [-0.15, -0.1) is 0 Å². The zero-order valence-corrected chi connectivity index (χ0v) is 18.4. The Bertz CT molecular complexity index is 1820. The van der Waals surface area contributed by atoms with E-state index in [-0.39, 0.29) is 66.4 Å². The van der Waals surface area contributed by atoms with E-state index >= 15 is 0 Å². The highest BCUT2D eigenvalue weighted by Crippen LogP contribution is 2.49. The third-order valence-corrected chi connectivity index (χ3v) is 6.25. The van der Waals surface area contributed by atoms with Gasteiger partial charge in [0, 0.05) is 32.3 Å². The number of phenolic OH excluding ortho intramolecular Hbond substituents is 2. The second kappa shape index (κ2) is 7.70. The Labute approximate surface area is 200 Å². The first-order chi connectivity index (χ1) is 17.1. The molecule has 5 aromatic carbocycles. The molecule has 0 unspecified atom stereocenters. The molecule has 0 heterocycles. The lowest BCUT2D eigenvalue weighted by atomic mass is 9.83. The summed E-state index contributed by atoms with van der Waals surface area (Å²) < 4.78 is 5.07. The predicted octanol–water partition coefficient (Wildman–Crippen LogP) is 4.42. The van der Waals surface area contributed by atoms with E-state index in [0.29, 0.717) is 0 Å². The number of phenols is 2. The van der Waals surface area contributed by atoms with Gasteiger partial charge in [-0.1, -0.05) is 12.1 Å². The highest BCUT2D eigenvalue weighted by atomic mass is 16.5. The zero-order valence-electron chi connectivity index (χ0n) is 18.4. The highest BCUT2D eigenvalue weighted by Gasteiger charge is 2.29. The number of ether oxygens (including phenoxy) is 1. The molecule has 0 spiro atoms. The summed E-state index contributed by atoms with van der Waals surface area (Å²) in [7, 11) is 0. The Hall–Kier alpha value is -5.12. The molecule has 0 saturated heterocycles. The third-order valence-electron chi connectivity index (χ3n) is 6.25. The molecule has 180 valence electrons. The van der Waals surface area contributed by atoms with Crippen molar-refractivity contribution in [2.24, 2.45) is 0 Å². The molecule has 10 nitrogen and oxygen atoms in total. The standard InChI is InChI=1S/C26H16O10/c1-2-36-26(35)14-8-16(28)20-9-3-5-11(23(29)30)17-13(25(33)34)7-15(27)19(21(9)17)10-4-6-12(24(31)32)18(14)22(10)20/h3-8,27-28H,2H2,1H3,(H,29,30)(H,31,32)(H,33,34). The number of hydrogen-bond donors (Lipinski definition) is 5. The number of carbonyl (C=O) groups excluding carboxylic acids is 1. The lowest BCUT2D eigenvalue weighted by Gasteiger charge is -2.20. The molecule has 0 saturated carbocycles. The second-order valence-electron chi connectivity index (χ2n) is 8.09. The van der Waals surface area contributed by atoms with Crippen LogP contribution in [0.1, 0.15) is 48.4 Å². The van der Waals surface area contributed by atoms with Crippen molar-refractivity contribution in [1.29, 1.82) is 0 Å². The van der Waals surface area contributed by atoms with Gasteiger partial charge in [0.15, 0.2) is 0 Å². The summed E-state index contributed by atoms with van der Waals surface area (Å²) in [5, 5.41) is 51.8. The average Bonchev–Trinajstić information content (AvgIpc) is 2.82. The van der Waals surface area contributed by atoms with Crippen LogP contribution < -0.4 is 0 Å². The van der Waals surface area contributed by atoms with Crippen LogP contribution in [0.15, 0.2) is 36.4 Å². The Morgan fingerprint density at radius 1 is 0.611 bits per heavy atom. The molecule has 0 bridgehead atoms. The summed E-state index contributed by atoms with van der Waals surface area (Å²) in [4.78, 5) is 48.9. The summed E-state index contributed by atoms with van der Waals surface area (Å²) in [5.41, 5.74) is -1.27. The number of carboxylic acid groups (broad SMARTS) is 3. The molecule has 5 rings (SSSR count). The Morgan fingerprint density at radius 3 is 1.44 bits per heavy atom. The monoisotopic (exact) mass is 488 g/mol. The zero-order chi connectivity index (χ0) is 26.0. The van der Waals surface area contributed by atoms with Gasteiger partial charge in [-0.3, -0.25) is 0 Å². The molecule has 0 atom stereocenters. The van der Waals surface area contributed by atoms with E-state index in [2.05, 4.69) is 0 Å². The van der Waals surface area contributed by atoms with Crippen LogP contribution in [0.3, 0.4) is 0 Å². The van der Waals surface area contributed by atoms with Gasteiger partial charge in [0.2, 0.25) is 0 Å². The maximum atomic E-state index is 12.8. The van der Waals surface area contributed by atoms with E-state index in [9.17, 15) is 44.7 Å². The maximum absolute atomic E-state index is 12.8. The van der Waals surface area contributed by atoms with E-state index in [1.807, 2.05) is 0 Å². The summed E-state index contributed by atoms with van der Waals surface area (Å²) >= 11 is 0. The normalized spacial score (nSPS) is 11.5. The van der Waals surface area contributed by atoms with Crippen molar-refractivity contribution >= 4 is 67.0 Å². The van der Waals surface area contributed by atoms with Crippen LogP contribution in [0, 0.1) is 0 Å². The molecule has 5 aromatic rings. The molecule has 0 aliphatic rings. The van der Waals surface area contributed by atoms with Crippen molar-refractivity contribution in [2.45, 2.75) is 6.92 Å². The Morgan fingerprint density at radius 2 is 1.03 bits per heavy atom. The van der Waals surface area contributed by atoms with E-state index in [1.54, 1.807) is 6.92 Å². The first kappa shape index (κ1) is 22.7. The van der Waals surface area contributed by atoms with Gasteiger partial charge in [-0.05, 0) is 42.0 Å². The topological polar surface area (TPSA) is 179 Å². The van der Waals surface area contributed by atoms with E-state index in [4.69, 9.17) is 4.74 Å². The fourth-order valence-corrected chi connectivity index (χ4v) is 4.96. The van der Waals surface area contributed by atoms with Crippen molar-refractivity contribution in [3.05, 3.63) is 58.7 Å². The van der Waals surface area contributed by atoms with Crippen LogP contribution in [0.5, 0.6) is 11.5 Å². The van der Waals surface area contributed by atoms with Crippen molar-refractivity contribution in [2.75, 3.05) is 6.61 Å². The first-order valence-electron chi connectivity index (χ1n) is 10.6. The minimum Gasteiger partial charge on any atom is -0.507 e. The molecule has 10 heteroatoms. The van der Waals surface area contributed by atoms with Gasteiger partial charge in [0.05, 0.1) is 28.9 Å². The molecule has 0 fully saturated rings. The number of aromatic carboxylic acids is 3. The fourth-order valence-electron chi connectivity index (χ4n) is 4.96. The van der Waals surface area contributed by atoms with E-state index in [1.165, 1.54) is 24.3 Å². The molecule has 5 N–H and O–H groups in total. The number of esters is 1. The average molecular weight is 488 g/mol. The minimum absolute atomic E-state index is 0.0101. The number of carboxylic acids is 3. The van der Waals surface area contributed by atoms with E-state index in [0.717, 1.165) is 12.1 Å². The Balaban J connectivity index is 2.19. The van der Waals surface area contributed by atoms with Gasteiger partial charge in [0.25, 0.3) is 0 Å². The molecular weight excluding hydrogens is 472 g/mol. The van der Waals surface area contributed by atoms with Gasteiger partial charge >= 0.3 is 23.9 Å². The SMILES string of the molecule is CCOC(=O)c1cc(O)c2c3ccc(C(=O)O)c4c(C(=O)O)cc(O)c(c5ccc(C(=O)O)c1c52)c43. The number of hydrogen-bond acceptors (Lipinski definition) is 7. The van der Waals surface area contributed by atoms with Crippen LogP contribution in [-0.2, 0) is 4.74 Å². The fraction of sp³-hybridized carbons (Fsp3) is 0.0769. The van der Waals surface area contributed by atoms with Crippen molar-refractivity contribution in [1.82, 2.24) is 0 Å². The molecule has 0 aliphatic heterocycles. The van der Waals surface area contributed by atoms with Crippen LogP contribution in [-0.4, -0.2) is 56.0 Å². The van der Waals surface area contributed by atoms with Crippen molar-refractivity contribution in [3.63, 3.8) is 0 Å². The molecule has 0 amide bonds. The molecule has 0 aromatic heterocycles. The summed E-state index contributed by atoms with van der Waals surface area (Å²) in [6, 6.07) is 7.07. The second-order valence-corrected chi connectivity index (χ2v) is 8.09. The smallest absolute Gasteiger partial charge is 0.338 e. The highest BCUT2D eigenvalue weighted by molar-refractivity contribution is 6.40. The number of rotatable bonds is 5. The van der Waals surface area contributed by atoms with Crippen LogP contribution in [0.4, 0.5) is 0 Å². The van der Waals surface area contributed by atoms with Gasteiger partial charge in [0.1, 0.15) is 11.5 Å². The number of carbonyl (C=O) groups is 4. The largest absolute Gasteiger partial charge is 0.507 e. The molecule has 0 aliphatic carbocycles. The lowest BCUT2D eigenvalue weighted by molar-refractivity contribution is 0.0527. The number of benzene rings is 5.